The maximum atomic E-state index is 13.2. The summed E-state index contributed by atoms with van der Waals surface area (Å²) >= 11 is 0. The predicted octanol–water partition coefficient (Wildman–Crippen LogP) is 3.41. The van der Waals surface area contributed by atoms with Crippen LogP contribution >= 0.6 is 0 Å². The number of amides is 2. The van der Waals surface area contributed by atoms with Crippen molar-refractivity contribution in [2.45, 2.75) is 19.1 Å². The zero-order chi connectivity index (χ0) is 21.9. The number of benzene rings is 3. The molecule has 2 saturated heterocycles. The molecule has 0 bridgehead atoms. The van der Waals surface area contributed by atoms with Gasteiger partial charge in [0.2, 0.25) is 11.8 Å². The Labute approximate surface area is 188 Å². The molecule has 2 amide bonds. The van der Waals surface area contributed by atoms with Crippen LogP contribution in [0.1, 0.15) is 11.1 Å². The number of rotatable bonds is 5. The number of carbonyl (C=O) groups is 2. The molecule has 0 saturated carbocycles. The van der Waals surface area contributed by atoms with Gasteiger partial charge in [-0.3, -0.25) is 14.5 Å². The van der Waals surface area contributed by atoms with Gasteiger partial charge in [-0.2, -0.15) is 0 Å². The van der Waals surface area contributed by atoms with Crippen LogP contribution in [0, 0.1) is 0 Å². The SMILES string of the molecule is O=C1C2CN(Cc3ccc(-c4ccccc4)cc3)CCN2C(=O)CN1Cc1ccccc1. The first-order valence-electron chi connectivity index (χ1n) is 11.2. The zero-order valence-corrected chi connectivity index (χ0v) is 18.1. The summed E-state index contributed by atoms with van der Waals surface area (Å²) in [4.78, 5) is 31.7. The summed E-state index contributed by atoms with van der Waals surface area (Å²) in [7, 11) is 0. The Bertz CT molecular complexity index is 1080. The van der Waals surface area contributed by atoms with Gasteiger partial charge >= 0.3 is 0 Å². The minimum atomic E-state index is -0.391. The van der Waals surface area contributed by atoms with E-state index in [1.165, 1.54) is 16.7 Å². The second kappa shape index (κ2) is 8.97. The molecule has 5 nitrogen and oxygen atoms in total. The van der Waals surface area contributed by atoms with Crippen molar-refractivity contribution in [3.63, 3.8) is 0 Å². The monoisotopic (exact) mass is 425 g/mol. The topological polar surface area (TPSA) is 43.9 Å². The lowest BCUT2D eigenvalue weighted by Crippen LogP contribution is -2.66. The van der Waals surface area contributed by atoms with Crippen LogP contribution in [0.3, 0.4) is 0 Å². The molecule has 0 aliphatic carbocycles. The van der Waals surface area contributed by atoms with Crippen molar-refractivity contribution < 1.29 is 9.59 Å². The standard InChI is InChI=1S/C27H27N3O2/c31-26-20-29(18-21-7-3-1-4-8-21)27(32)25-19-28(15-16-30(25)26)17-22-11-13-24(14-12-22)23-9-5-2-6-10-23/h1-14,25H,15-20H2. The van der Waals surface area contributed by atoms with Gasteiger partial charge in [-0.05, 0) is 22.3 Å². The highest BCUT2D eigenvalue weighted by atomic mass is 16.2. The molecule has 1 unspecified atom stereocenters. The van der Waals surface area contributed by atoms with Crippen LogP contribution in [0.15, 0.2) is 84.9 Å². The highest BCUT2D eigenvalue weighted by Gasteiger charge is 2.42. The molecule has 0 radical (unpaired) electrons. The number of hydrogen-bond acceptors (Lipinski definition) is 3. The molecule has 32 heavy (non-hydrogen) atoms. The van der Waals surface area contributed by atoms with Crippen LogP contribution in [-0.2, 0) is 22.7 Å². The van der Waals surface area contributed by atoms with E-state index in [9.17, 15) is 9.59 Å². The molecule has 162 valence electrons. The second-order valence-corrected chi connectivity index (χ2v) is 8.58. The third-order valence-electron chi connectivity index (χ3n) is 6.39. The molecule has 3 aromatic rings. The van der Waals surface area contributed by atoms with Gasteiger partial charge in [0, 0.05) is 32.7 Å². The average Bonchev–Trinajstić information content (AvgIpc) is 2.84. The molecule has 5 rings (SSSR count). The maximum Gasteiger partial charge on any atom is 0.247 e. The number of hydrogen-bond donors (Lipinski definition) is 0. The quantitative estimate of drug-likeness (QED) is 0.629. The third-order valence-corrected chi connectivity index (χ3v) is 6.39. The number of fused-ring (bicyclic) bond motifs is 1. The van der Waals surface area contributed by atoms with Crippen LogP contribution in [-0.4, -0.2) is 58.7 Å². The lowest BCUT2D eigenvalue weighted by atomic mass is 10.0. The van der Waals surface area contributed by atoms with Crippen molar-refractivity contribution in [3.8, 4) is 11.1 Å². The van der Waals surface area contributed by atoms with Crippen molar-refractivity contribution in [2.75, 3.05) is 26.2 Å². The highest BCUT2D eigenvalue weighted by Crippen LogP contribution is 2.23. The molecule has 5 heteroatoms. The molecule has 2 fully saturated rings. The van der Waals surface area contributed by atoms with Gasteiger partial charge in [-0.1, -0.05) is 84.9 Å². The number of nitrogens with zero attached hydrogens (tertiary/aromatic N) is 3. The molecule has 0 N–H and O–H groups in total. The van der Waals surface area contributed by atoms with Crippen LogP contribution in [0.25, 0.3) is 11.1 Å². The molecule has 0 aromatic heterocycles. The lowest BCUT2D eigenvalue weighted by molar-refractivity contribution is -0.160. The Balaban J connectivity index is 1.25. The number of carbonyl (C=O) groups excluding carboxylic acids is 2. The van der Waals surface area contributed by atoms with Crippen LogP contribution in [0.4, 0.5) is 0 Å². The molecule has 2 aliphatic rings. The molecule has 3 aromatic carbocycles. The highest BCUT2D eigenvalue weighted by molar-refractivity contribution is 5.95. The van der Waals surface area contributed by atoms with E-state index in [2.05, 4.69) is 41.3 Å². The Morgan fingerprint density at radius 3 is 2.03 bits per heavy atom. The Hall–Kier alpha value is -3.44. The van der Waals surface area contributed by atoms with E-state index >= 15 is 0 Å². The Kier molecular flexibility index (Phi) is 5.73. The fourth-order valence-electron chi connectivity index (χ4n) is 4.66. The summed E-state index contributed by atoms with van der Waals surface area (Å²) in [6, 6.07) is 28.4. The van der Waals surface area contributed by atoms with E-state index in [1.807, 2.05) is 48.5 Å². The van der Waals surface area contributed by atoms with E-state index in [-0.39, 0.29) is 18.4 Å². The Morgan fingerprint density at radius 2 is 1.31 bits per heavy atom. The van der Waals surface area contributed by atoms with E-state index in [0.29, 0.717) is 19.6 Å². The Morgan fingerprint density at radius 1 is 0.688 bits per heavy atom. The van der Waals surface area contributed by atoms with Gasteiger partial charge < -0.3 is 9.80 Å². The third kappa shape index (κ3) is 4.30. The van der Waals surface area contributed by atoms with Gasteiger partial charge in [-0.15, -0.1) is 0 Å². The largest absolute Gasteiger partial charge is 0.327 e. The summed E-state index contributed by atoms with van der Waals surface area (Å²) in [6.07, 6.45) is 0. The van der Waals surface area contributed by atoms with Gasteiger partial charge in [0.15, 0.2) is 0 Å². The fourth-order valence-corrected chi connectivity index (χ4v) is 4.66. The molecular formula is C27H27N3O2. The van der Waals surface area contributed by atoms with Crippen LogP contribution in [0.5, 0.6) is 0 Å². The summed E-state index contributed by atoms with van der Waals surface area (Å²) < 4.78 is 0. The first kappa shape index (κ1) is 20.5. The average molecular weight is 426 g/mol. The maximum absolute atomic E-state index is 13.2. The van der Waals surface area contributed by atoms with Crippen molar-refractivity contribution in [1.29, 1.82) is 0 Å². The summed E-state index contributed by atoms with van der Waals surface area (Å²) in [5, 5.41) is 0. The van der Waals surface area contributed by atoms with E-state index in [0.717, 1.165) is 18.7 Å². The normalized spacial score (nSPS) is 19.2. The first-order valence-corrected chi connectivity index (χ1v) is 11.2. The van der Waals surface area contributed by atoms with E-state index in [1.54, 1.807) is 9.80 Å². The van der Waals surface area contributed by atoms with E-state index in [4.69, 9.17) is 0 Å². The second-order valence-electron chi connectivity index (χ2n) is 8.58. The van der Waals surface area contributed by atoms with Crippen molar-refractivity contribution >= 4 is 11.8 Å². The lowest BCUT2D eigenvalue weighted by Gasteiger charge is -2.46. The first-order chi connectivity index (χ1) is 15.7. The molecular weight excluding hydrogens is 398 g/mol. The fraction of sp³-hybridized carbons (Fsp3) is 0.259. The van der Waals surface area contributed by atoms with E-state index < -0.39 is 6.04 Å². The zero-order valence-electron chi connectivity index (χ0n) is 18.1. The molecule has 2 aliphatic heterocycles. The minimum Gasteiger partial charge on any atom is -0.327 e. The molecule has 1 atom stereocenters. The smallest absolute Gasteiger partial charge is 0.247 e. The predicted molar refractivity (Wildman–Crippen MR) is 125 cm³/mol. The summed E-state index contributed by atoms with van der Waals surface area (Å²) in [5.41, 5.74) is 4.67. The summed E-state index contributed by atoms with van der Waals surface area (Å²) in [6.45, 7) is 3.41. The van der Waals surface area contributed by atoms with Crippen molar-refractivity contribution in [2.24, 2.45) is 0 Å². The minimum absolute atomic E-state index is 0.0531. The summed E-state index contributed by atoms with van der Waals surface area (Å²) in [5.74, 6) is 0.106. The van der Waals surface area contributed by atoms with Gasteiger partial charge in [0.1, 0.15) is 12.6 Å². The van der Waals surface area contributed by atoms with Gasteiger partial charge in [0.05, 0.1) is 0 Å². The van der Waals surface area contributed by atoms with Crippen LogP contribution < -0.4 is 0 Å². The van der Waals surface area contributed by atoms with Crippen LogP contribution in [0.2, 0.25) is 0 Å². The number of piperazine rings is 2. The molecule has 2 heterocycles. The molecule has 0 spiro atoms. The van der Waals surface area contributed by atoms with Crippen molar-refractivity contribution in [1.82, 2.24) is 14.7 Å². The van der Waals surface area contributed by atoms with Crippen molar-refractivity contribution in [3.05, 3.63) is 96.1 Å². The van der Waals surface area contributed by atoms with Gasteiger partial charge in [-0.25, -0.2) is 0 Å². The van der Waals surface area contributed by atoms with Gasteiger partial charge in [0.25, 0.3) is 0 Å².